The molecular weight excluding hydrogens is 490 g/mol. The van der Waals surface area contributed by atoms with Crippen molar-refractivity contribution in [2.75, 3.05) is 12.3 Å². The van der Waals surface area contributed by atoms with Gasteiger partial charge in [0, 0.05) is 37.6 Å². The topological polar surface area (TPSA) is 112 Å². The van der Waals surface area contributed by atoms with Gasteiger partial charge in [-0.05, 0) is 65.9 Å². The third kappa shape index (κ3) is 4.37. The summed E-state index contributed by atoms with van der Waals surface area (Å²) in [5.74, 6) is 0.972. The lowest BCUT2D eigenvalue weighted by Gasteiger charge is -2.28. The first-order chi connectivity index (χ1) is 18.9. The molecule has 4 heterocycles. The van der Waals surface area contributed by atoms with Gasteiger partial charge in [-0.3, -0.25) is 4.79 Å². The van der Waals surface area contributed by atoms with Crippen LogP contribution in [0.1, 0.15) is 16.8 Å². The van der Waals surface area contributed by atoms with Crippen LogP contribution in [0, 0.1) is 6.92 Å². The zero-order chi connectivity index (χ0) is 27.1. The molecule has 2 aromatic carbocycles. The highest BCUT2D eigenvalue weighted by Gasteiger charge is 2.24. The average molecular weight is 518 g/mol. The first-order valence-electron chi connectivity index (χ1n) is 12.6. The molecular formula is C30H27N7O2. The second-order valence-corrected chi connectivity index (χ2v) is 9.54. The average Bonchev–Trinajstić information content (AvgIpc) is 3.25. The van der Waals surface area contributed by atoms with Crippen LogP contribution in [0.5, 0.6) is 11.8 Å². The number of nitrogens with zero attached hydrogens (tertiary/aromatic N) is 6. The molecule has 3 aromatic heterocycles. The Labute approximate surface area is 225 Å². The van der Waals surface area contributed by atoms with Crippen LogP contribution in [0.15, 0.2) is 73.7 Å². The van der Waals surface area contributed by atoms with Crippen LogP contribution >= 0.6 is 0 Å². The van der Waals surface area contributed by atoms with Crippen LogP contribution in [-0.2, 0) is 24.8 Å². The molecule has 9 heteroatoms. The number of nitrogen functional groups attached to an aromatic ring is 1. The Morgan fingerprint density at radius 1 is 1.05 bits per heavy atom. The molecule has 0 fully saturated rings. The van der Waals surface area contributed by atoms with Gasteiger partial charge in [0.25, 0.3) is 0 Å². The van der Waals surface area contributed by atoms with E-state index in [-0.39, 0.29) is 5.91 Å². The fourth-order valence-corrected chi connectivity index (χ4v) is 5.19. The van der Waals surface area contributed by atoms with Crippen LogP contribution in [0.3, 0.4) is 0 Å². The van der Waals surface area contributed by atoms with Gasteiger partial charge in [0.1, 0.15) is 23.5 Å². The van der Waals surface area contributed by atoms with Gasteiger partial charge in [-0.1, -0.05) is 30.8 Å². The van der Waals surface area contributed by atoms with Crippen molar-refractivity contribution in [2.45, 2.75) is 19.9 Å². The summed E-state index contributed by atoms with van der Waals surface area (Å²) in [5.41, 5.74) is 14.2. The Balaban J connectivity index is 1.46. The van der Waals surface area contributed by atoms with Crippen LogP contribution in [0.2, 0.25) is 0 Å². The predicted molar refractivity (Wildman–Crippen MR) is 150 cm³/mol. The molecule has 6 rings (SSSR count). The lowest BCUT2D eigenvalue weighted by molar-refractivity contribution is -0.126. The van der Waals surface area contributed by atoms with Gasteiger partial charge in [0.05, 0.1) is 11.1 Å². The van der Waals surface area contributed by atoms with Gasteiger partial charge in [0.2, 0.25) is 5.91 Å². The minimum absolute atomic E-state index is 0.0576. The molecule has 9 nitrogen and oxygen atoms in total. The molecule has 0 unspecified atom stereocenters. The highest BCUT2D eigenvalue weighted by Crippen LogP contribution is 2.42. The highest BCUT2D eigenvalue weighted by atomic mass is 16.5. The number of nitrogens with two attached hydrogens (primary N) is 1. The van der Waals surface area contributed by atoms with E-state index in [0.717, 1.165) is 51.1 Å². The standard InChI is InChI=1S/C30H27N7O2/c1-4-24(38)37-14-12-19-5-6-21(15-22(19)16-37)27-25(26-28(31)33-17-34-29(26)36(27)3)20-7-9-23(10-8-20)39-30-32-13-11-18(2)35-30/h4-11,13,15,17H,1,12,14,16H2,2-3H3,(H2,31,33,34). The normalized spacial score (nSPS) is 12.8. The smallest absolute Gasteiger partial charge is 0.322 e. The molecule has 1 amide bonds. The van der Waals surface area contributed by atoms with Crippen LogP contribution in [0.25, 0.3) is 33.4 Å². The summed E-state index contributed by atoms with van der Waals surface area (Å²) < 4.78 is 7.91. The molecule has 194 valence electrons. The number of carbonyl (C=O) groups excluding carboxylic acids is 1. The maximum atomic E-state index is 12.3. The summed E-state index contributed by atoms with van der Waals surface area (Å²) in [6.45, 7) is 6.76. The zero-order valence-electron chi connectivity index (χ0n) is 21.8. The fourth-order valence-electron chi connectivity index (χ4n) is 5.19. The summed E-state index contributed by atoms with van der Waals surface area (Å²) in [5, 5.41) is 0.784. The number of benzene rings is 2. The fraction of sp³-hybridized carbons (Fsp3) is 0.167. The van der Waals surface area contributed by atoms with E-state index in [9.17, 15) is 4.79 Å². The van der Waals surface area contributed by atoms with Crippen molar-refractivity contribution in [3.05, 3.63) is 90.5 Å². The van der Waals surface area contributed by atoms with Crippen molar-refractivity contribution >= 4 is 22.8 Å². The summed E-state index contributed by atoms with van der Waals surface area (Å²) in [4.78, 5) is 31.5. The first kappa shape index (κ1) is 24.3. The lowest BCUT2D eigenvalue weighted by Crippen LogP contribution is -2.34. The van der Waals surface area contributed by atoms with E-state index < -0.39 is 0 Å². The Kier molecular flexibility index (Phi) is 6.03. The quantitative estimate of drug-likeness (QED) is 0.332. The molecule has 1 aliphatic heterocycles. The van der Waals surface area contributed by atoms with Crippen molar-refractivity contribution in [3.8, 4) is 34.1 Å². The number of rotatable bonds is 5. The Hall–Kier alpha value is -5.05. The maximum absolute atomic E-state index is 12.3. The molecule has 0 bridgehead atoms. The van der Waals surface area contributed by atoms with Crippen LogP contribution < -0.4 is 10.5 Å². The number of fused-ring (bicyclic) bond motifs is 2. The van der Waals surface area contributed by atoms with Gasteiger partial charge in [-0.2, -0.15) is 0 Å². The molecule has 39 heavy (non-hydrogen) atoms. The lowest BCUT2D eigenvalue weighted by atomic mass is 9.93. The molecule has 0 aliphatic carbocycles. The van der Waals surface area contributed by atoms with E-state index in [1.54, 1.807) is 6.20 Å². The van der Waals surface area contributed by atoms with E-state index in [2.05, 4.69) is 44.7 Å². The number of carbonyl (C=O) groups is 1. The molecule has 0 radical (unpaired) electrons. The number of aromatic nitrogens is 5. The van der Waals surface area contributed by atoms with Crippen molar-refractivity contribution in [1.82, 2.24) is 29.4 Å². The van der Waals surface area contributed by atoms with E-state index in [1.165, 1.54) is 18.0 Å². The molecule has 1 aliphatic rings. The van der Waals surface area contributed by atoms with Gasteiger partial charge >= 0.3 is 6.01 Å². The van der Waals surface area contributed by atoms with E-state index in [1.807, 2.05) is 53.8 Å². The molecule has 0 saturated carbocycles. The predicted octanol–water partition coefficient (Wildman–Crippen LogP) is 4.85. The molecule has 0 saturated heterocycles. The van der Waals surface area contributed by atoms with Gasteiger partial charge < -0.3 is 19.9 Å². The number of anilines is 1. The van der Waals surface area contributed by atoms with Crippen molar-refractivity contribution in [1.29, 1.82) is 0 Å². The third-order valence-electron chi connectivity index (χ3n) is 7.10. The largest absolute Gasteiger partial charge is 0.424 e. The summed E-state index contributed by atoms with van der Waals surface area (Å²) in [6, 6.07) is 16.3. The third-order valence-corrected chi connectivity index (χ3v) is 7.10. The van der Waals surface area contributed by atoms with E-state index in [4.69, 9.17) is 10.5 Å². The number of aryl methyl sites for hydroxylation is 2. The minimum atomic E-state index is -0.0576. The summed E-state index contributed by atoms with van der Waals surface area (Å²) in [6.07, 6.45) is 5.33. The molecule has 5 aromatic rings. The Morgan fingerprint density at radius 3 is 2.62 bits per heavy atom. The SMILES string of the molecule is C=CC(=O)N1CCc2ccc(-c3c(-c4ccc(Oc5nccc(C)n5)cc4)c4c(N)ncnc4n3C)cc2C1. The summed E-state index contributed by atoms with van der Waals surface area (Å²) >= 11 is 0. The monoisotopic (exact) mass is 517 g/mol. The second-order valence-electron chi connectivity index (χ2n) is 9.54. The number of hydrogen-bond donors (Lipinski definition) is 1. The number of ether oxygens (including phenoxy) is 1. The first-order valence-corrected chi connectivity index (χ1v) is 12.6. The Morgan fingerprint density at radius 2 is 1.85 bits per heavy atom. The summed E-state index contributed by atoms with van der Waals surface area (Å²) in [7, 11) is 1.98. The van der Waals surface area contributed by atoms with Crippen LogP contribution in [-0.4, -0.2) is 41.9 Å². The zero-order valence-corrected chi connectivity index (χ0v) is 21.8. The van der Waals surface area contributed by atoms with Crippen LogP contribution in [0.4, 0.5) is 5.82 Å². The van der Waals surface area contributed by atoms with Crippen molar-refractivity contribution in [3.63, 3.8) is 0 Å². The van der Waals surface area contributed by atoms with Crippen molar-refractivity contribution in [2.24, 2.45) is 7.05 Å². The maximum Gasteiger partial charge on any atom is 0.322 e. The number of hydrogen-bond acceptors (Lipinski definition) is 7. The van der Waals surface area contributed by atoms with Gasteiger partial charge in [-0.25, -0.2) is 19.9 Å². The molecule has 0 atom stereocenters. The molecule has 0 spiro atoms. The second kappa shape index (κ2) is 9.68. The minimum Gasteiger partial charge on any atom is -0.424 e. The number of amides is 1. The molecule has 2 N–H and O–H groups in total. The van der Waals surface area contributed by atoms with Crippen molar-refractivity contribution < 1.29 is 9.53 Å². The highest BCUT2D eigenvalue weighted by molar-refractivity contribution is 6.07. The van der Waals surface area contributed by atoms with E-state index in [0.29, 0.717) is 30.7 Å². The van der Waals surface area contributed by atoms with Gasteiger partial charge in [0.15, 0.2) is 0 Å². The van der Waals surface area contributed by atoms with Gasteiger partial charge in [-0.15, -0.1) is 0 Å². The Bertz CT molecular complexity index is 1740. The van der Waals surface area contributed by atoms with E-state index >= 15 is 0 Å².